The van der Waals surface area contributed by atoms with E-state index < -0.39 is 17.7 Å². The molecule has 3 atom stereocenters. The zero-order valence-corrected chi connectivity index (χ0v) is 20.2. The fraction of sp³-hybridized carbons (Fsp3) is 0.481. The smallest absolute Gasteiger partial charge is 0.295 e. The lowest BCUT2D eigenvalue weighted by molar-refractivity contribution is -0.139. The summed E-state index contributed by atoms with van der Waals surface area (Å²) in [4.78, 5) is 30.4. The first-order chi connectivity index (χ1) is 17.0. The largest absolute Gasteiger partial charge is 0.507 e. The molecule has 0 bridgehead atoms. The number of allylic oxidation sites excluding steroid dienone is 2. The number of benzene rings is 1. The van der Waals surface area contributed by atoms with E-state index >= 15 is 0 Å². The zero-order valence-electron chi connectivity index (χ0n) is 20.2. The quantitative estimate of drug-likeness (QED) is 0.380. The van der Waals surface area contributed by atoms with Crippen LogP contribution in [0.1, 0.15) is 24.5 Å². The highest BCUT2D eigenvalue weighted by atomic mass is 16.5. The number of ketones is 1. The van der Waals surface area contributed by atoms with Crippen molar-refractivity contribution < 1.29 is 28.9 Å². The maximum Gasteiger partial charge on any atom is 0.295 e. The van der Waals surface area contributed by atoms with Gasteiger partial charge in [0.15, 0.2) is 0 Å². The number of rotatable bonds is 6. The number of carbonyl (C=O) groups is 2. The SMILES string of the molecule is CO[C@@H]1C=CC=C([C@@H]2C(=C(O)c3ccc4c(c3)C[C@@H](C)O4)C(=O)C(=O)N2CCN2CCOCC2)C1. The van der Waals surface area contributed by atoms with Crippen LogP contribution in [0.3, 0.4) is 0 Å². The third-order valence-electron chi connectivity index (χ3n) is 7.20. The molecule has 0 unspecified atom stereocenters. The van der Waals surface area contributed by atoms with Crippen LogP contribution in [0, 0.1) is 0 Å². The van der Waals surface area contributed by atoms with Crippen LogP contribution in [0.15, 0.2) is 47.6 Å². The van der Waals surface area contributed by atoms with Crippen molar-refractivity contribution in [1.82, 2.24) is 9.80 Å². The predicted molar refractivity (Wildman–Crippen MR) is 130 cm³/mol. The molecule has 0 radical (unpaired) electrons. The number of morpholine rings is 1. The average Bonchev–Trinajstić information content (AvgIpc) is 3.38. The monoisotopic (exact) mass is 480 g/mol. The van der Waals surface area contributed by atoms with Crippen molar-refractivity contribution in [1.29, 1.82) is 0 Å². The Balaban J connectivity index is 1.51. The molecule has 8 nitrogen and oxygen atoms in total. The Hall–Kier alpha value is -2.94. The van der Waals surface area contributed by atoms with Crippen molar-refractivity contribution in [2.24, 2.45) is 0 Å². The van der Waals surface area contributed by atoms with Crippen LogP contribution in [-0.2, 0) is 25.5 Å². The van der Waals surface area contributed by atoms with E-state index in [4.69, 9.17) is 14.2 Å². The molecule has 35 heavy (non-hydrogen) atoms. The number of hydrogen-bond donors (Lipinski definition) is 1. The molecule has 0 aromatic heterocycles. The zero-order chi connectivity index (χ0) is 24.5. The molecule has 186 valence electrons. The van der Waals surface area contributed by atoms with Crippen molar-refractivity contribution >= 4 is 17.4 Å². The number of fused-ring (bicyclic) bond motifs is 1. The van der Waals surface area contributed by atoms with E-state index in [1.807, 2.05) is 37.3 Å². The van der Waals surface area contributed by atoms with Crippen LogP contribution in [-0.4, -0.2) is 91.3 Å². The maximum atomic E-state index is 13.3. The Bertz CT molecular complexity index is 1100. The molecule has 0 saturated carbocycles. The molecule has 1 N–H and O–H groups in total. The van der Waals surface area contributed by atoms with E-state index in [2.05, 4.69) is 4.90 Å². The Morgan fingerprint density at radius 3 is 2.74 bits per heavy atom. The van der Waals surface area contributed by atoms with Crippen LogP contribution in [0.5, 0.6) is 5.75 Å². The highest BCUT2D eigenvalue weighted by Crippen LogP contribution is 2.37. The summed E-state index contributed by atoms with van der Waals surface area (Å²) in [6, 6.07) is 4.79. The second kappa shape index (κ2) is 9.97. The van der Waals surface area contributed by atoms with Crippen molar-refractivity contribution in [2.45, 2.75) is 38.0 Å². The van der Waals surface area contributed by atoms with Gasteiger partial charge in [-0.15, -0.1) is 0 Å². The van der Waals surface area contributed by atoms with Gasteiger partial charge in [-0.3, -0.25) is 14.5 Å². The minimum Gasteiger partial charge on any atom is -0.507 e. The summed E-state index contributed by atoms with van der Waals surface area (Å²) in [6.07, 6.45) is 6.97. The third-order valence-corrected chi connectivity index (χ3v) is 7.20. The molecule has 5 rings (SSSR count). The van der Waals surface area contributed by atoms with Gasteiger partial charge in [0, 0.05) is 51.7 Å². The molecule has 1 aromatic rings. The van der Waals surface area contributed by atoms with E-state index in [9.17, 15) is 14.7 Å². The van der Waals surface area contributed by atoms with Gasteiger partial charge < -0.3 is 24.2 Å². The number of nitrogens with zero attached hydrogens (tertiary/aromatic N) is 2. The predicted octanol–water partition coefficient (Wildman–Crippen LogP) is 2.29. The van der Waals surface area contributed by atoms with Gasteiger partial charge in [-0.1, -0.05) is 18.2 Å². The molecular weight excluding hydrogens is 448 g/mol. The number of hydrogen-bond acceptors (Lipinski definition) is 7. The number of likely N-dealkylation sites (tertiary alicyclic amines) is 1. The van der Waals surface area contributed by atoms with Gasteiger partial charge in [0.1, 0.15) is 17.6 Å². The lowest BCUT2D eigenvalue weighted by Crippen LogP contribution is -2.45. The first-order valence-corrected chi connectivity index (χ1v) is 12.2. The number of methoxy groups -OCH3 is 1. The fourth-order valence-corrected chi connectivity index (χ4v) is 5.33. The van der Waals surface area contributed by atoms with Crippen LogP contribution in [0.25, 0.3) is 5.76 Å². The second-order valence-electron chi connectivity index (χ2n) is 9.51. The first-order valence-electron chi connectivity index (χ1n) is 12.2. The Kier molecular flexibility index (Phi) is 6.77. The molecule has 4 aliphatic rings. The summed E-state index contributed by atoms with van der Waals surface area (Å²) in [5, 5.41) is 11.4. The summed E-state index contributed by atoms with van der Waals surface area (Å²) < 4.78 is 16.7. The van der Waals surface area contributed by atoms with E-state index in [0.29, 0.717) is 38.3 Å². The molecule has 8 heteroatoms. The van der Waals surface area contributed by atoms with Crippen LogP contribution < -0.4 is 4.74 Å². The van der Waals surface area contributed by atoms with Gasteiger partial charge >= 0.3 is 0 Å². The van der Waals surface area contributed by atoms with Crippen LogP contribution >= 0.6 is 0 Å². The standard InChI is InChI=1S/C27H32N2O6/c1-17-14-20-15-19(6-7-22(20)35-17)25(30)23-24(18-4-3-5-21(16-18)33-2)29(27(32)26(23)31)9-8-28-10-12-34-13-11-28/h3-7,15,17,21,24,30H,8-14,16H2,1-2H3/t17-,21-,24-/m1/s1. The molecule has 2 saturated heterocycles. The van der Waals surface area contributed by atoms with Crippen molar-refractivity contribution in [3.8, 4) is 5.75 Å². The van der Waals surface area contributed by atoms with Gasteiger partial charge in [-0.05, 0) is 36.3 Å². The molecular formula is C27H32N2O6. The highest BCUT2D eigenvalue weighted by Gasteiger charge is 2.47. The Morgan fingerprint density at radius 1 is 1.17 bits per heavy atom. The lowest BCUT2D eigenvalue weighted by Gasteiger charge is -2.32. The summed E-state index contributed by atoms with van der Waals surface area (Å²) in [5.41, 5.74) is 2.52. The van der Waals surface area contributed by atoms with Crippen LogP contribution in [0.4, 0.5) is 0 Å². The van der Waals surface area contributed by atoms with Crippen molar-refractivity contribution in [3.63, 3.8) is 0 Å². The molecule has 3 aliphatic heterocycles. The summed E-state index contributed by atoms with van der Waals surface area (Å²) in [6.45, 7) is 5.93. The number of amides is 1. The molecule has 0 spiro atoms. The molecule has 1 aromatic carbocycles. The number of carbonyl (C=O) groups excluding carboxylic acids is 2. The summed E-state index contributed by atoms with van der Waals surface area (Å²) in [7, 11) is 1.64. The van der Waals surface area contributed by atoms with Crippen molar-refractivity contribution in [3.05, 3.63) is 58.7 Å². The molecule has 2 fully saturated rings. The minimum atomic E-state index is -0.649. The minimum absolute atomic E-state index is 0.0679. The number of aliphatic hydroxyl groups excluding tert-OH is 1. The van der Waals surface area contributed by atoms with E-state index in [1.165, 1.54) is 0 Å². The average molecular weight is 481 g/mol. The second-order valence-corrected chi connectivity index (χ2v) is 9.51. The number of Topliss-reactive ketones (excluding diaryl/α,β-unsaturated/α-hetero) is 1. The van der Waals surface area contributed by atoms with Crippen LogP contribution in [0.2, 0.25) is 0 Å². The normalized spacial score (nSPS) is 28.2. The van der Waals surface area contributed by atoms with E-state index in [-0.39, 0.29) is 23.5 Å². The summed E-state index contributed by atoms with van der Waals surface area (Å²) in [5.74, 6) is -0.579. The van der Waals surface area contributed by atoms with Gasteiger partial charge in [0.05, 0.1) is 30.9 Å². The fourth-order valence-electron chi connectivity index (χ4n) is 5.33. The van der Waals surface area contributed by atoms with E-state index in [1.54, 1.807) is 18.1 Å². The lowest BCUT2D eigenvalue weighted by atomic mass is 9.89. The first kappa shape index (κ1) is 23.8. The van der Waals surface area contributed by atoms with Gasteiger partial charge in [-0.2, -0.15) is 0 Å². The topological polar surface area (TPSA) is 88.5 Å². The number of ether oxygens (including phenoxy) is 3. The number of aliphatic hydroxyl groups is 1. The maximum absolute atomic E-state index is 13.3. The van der Waals surface area contributed by atoms with Gasteiger partial charge in [-0.25, -0.2) is 0 Å². The van der Waals surface area contributed by atoms with Crippen molar-refractivity contribution in [2.75, 3.05) is 46.5 Å². The Morgan fingerprint density at radius 2 is 1.97 bits per heavy atom. The Labute approximate surface area is 205 Å². The molecule has 1 aliphatic carbocycles. The van der Waals surface area contributed by atoms with Gasteiger partial charge in [0.25, 0.3) is 11.7 Å². The third kappa shape index (κ3) is 4.66. The highest BCUT2D eigenvalue weighted by molar-refractivity contribution is 6.47. The molecule has 1 amide bonds. The molecule has 3 heterocycles. The van der Waals surface area contributed by atoms with E-state index in [0.717, 1.165) is 36.4 Å². The van der Waals surface area contributed by atoms with Gasteiger partial charge in [0.2, 0.25) is 0 Å². The summed E-state index contributed by atoms with van der Waals surface area (Å²) >= 11 is 0.